The Morgan fingerprint density at radius 2 is 1.62 bits per heavy atom. The fourth-order valence-electron chi connectivity index (χ4n) is 4.09. The number of benzene rings is 3. The molecule has 37 heavy (non-hydrogen) atoms. The van der Waals surface area contributed by atoms with Gasteiger partial charge in [-0.3, -0.25) is 19.5 Å². The fourth-order valence-corrected chi connectivity index (χ4v) is 4.09. The highest BCUT2D eigenvalue weighted by molar-refractivity contribution is 5.99. The second-order valence-electron chi connectivity index (χ2n) is 8.49. The summed E-state index contributed by atoms with van der Waals surface area (Å²) in [6.07, 6.45) is 0.646. The van der Waals surface area contributed by atoms with Crippen LogP contribution in [0.3, 0.4) is 0 Å². The van der Waals surface area contributed by atoms with Crippen molar-refractivity contribution < 1.29 is 9.90 Å². The molecule has 9 nitrogen and oxygen atoms in total. The van der Waals surface area contributed by atoms with Crippen LogP contribution in [0.4, 0.5) is 17.1 Å². The Morgan fingerprint density at radius 3 is 2.27 bits per heavy atom. The van der Waals surface area contributed by atoms with Gasteiger partial charge in [-0.2, -0.15) is 0 Å². The van der Waals surface area contributed by atoms with E-state index in [1.165, 1.54) is 23.9 Å². The number of H-pyrrole nitrogens is 1. The molecule has 4 aromatic rings. The Kier molecular flexibility index (Phi) is 7.73. The highest BCUT2D eigenvalue weighted by Crippen LogP contribution is 2.32. The van der Waals surface area contributed by atoms with Gasteiger partial charge in [0, 0.05) is 7.05 Å². The molecule has 1 unspecified atom stereocenters. The van der Waals surface area contributed by atoms with Crippen molar-refractivity contribution in [2.45, 2.75) is 25.9 Å². The highest BCUT2D eigenvalue weighted by atomic mass is 16.3. The average Bonchev–Trinajstić information content (AvgIpc) is 2.92. The molecule has 0 radical (unpaired) electrons. The highest BCUT2D eigenvalue weighted by Gasteiger charge is 2.21. The number of aromatic hydroxyl groups is 1. The number of rotatable bonds is 9. The molecule has 0 aliphatic rings. The zero-order chi connectivity index (χ0) is 26.4. The number of carbonyl (C=O) groups is 1. The summed E-state index contributed by atoms with van der Waals surface area (Å²) in [5, 5.41) is 22.1. The molecule has 0 spiro atoms. The molecule has 0 bridgehead atoms. The lowest BCUT2D eigenvalue weighted by Crippen LogP contribution is -2.34. The minimum atomic E-state index is -0.505. The van der Waals surface area contributed by atoms with Crippen LogP contribution in [-0.2, 0) is 6.54 Å². The first-order valence-electron chi connectivity index (χ1n) is 12.0. The number of hydrogen-bond acceptors (Lipinski definition) is 6. The van der Waals surface area contributed by atoms with Gasteiger partial charge in [0.2, 0.25) is 0 Å². The SMILES string of the molecule is CCC(Nc1c(Nc2cccc(C(=O)NC)c2O)c(=O)n(Cc2ccccc2)[nH]c1=O)c1ccccc1. The van der Waals surface area contributed by atoms with E-state index >= 15 is 0 Å². The summed E-state index contributed by atoms with van der Waals surface area (Å²) < 4.78 is 1.22. The number of phenols is 1. The number of aromatic nitrogens is 2. The van der Waals surface area contributed by atoms with Gasteiger partial charge in [0.25, 0.3) is 17.0 Å². The van der Waals surface area contributed by atoms with Gasteiger partial charge in [0.15, 0.2) is 5.75 Å². The minimum Gasteiger partial charge on any atom is -0.505 e. The summed E-state index contributed by atoms with van der Waals surface area (Å²) in [4.78, 5) is 39.2. The predicted octanol–water partition coefficient (Wildman–Crippen LogP) is 3.96. The first kappa shape index (κ1) is 25.3. The second kappa shape index (κ2) is 11.3. The molecule has 0 aliphatic carbocycles. The Hall–Kier alpha value is -4.79. The lowest BCUT2D eigenvalue weighted by Gasteiger charge is -2.22. The van der Waals surface area contributed by atoms with Crippen molar-refractivity contribution in [2.75, 3.05) is 17.7 Å². The molecule has 0 saturated carbocycles. The van der Waals surface area contributed by atoms with E-state index in [9.17, 15) is 19.5 Å². The van der Waals surface area contributed by atoms with Crippen LogP contribution in [0.5, 0.6) is 5.75 Å². The van der Waals surface area contributed by atoms with Gasteiger partial charge >= 0.3 is 0 Å². The van der Waals surface area contributed by atoms with Crippen LogP contribution in [0.2, 0.25) is 0 Å². The quantitative estimate of drug-likeness (QED) is 0.222. The maximum atomic E-state index is 13.7. The lowest BCUT2D eigenvalue weighted by atomic mass is 10.0. The van der Waals surface area contributed by atoms with Crippen LogP contribution in [0.25, 0.3) is 0 Å². The standard InChI is InChI=1S/C28H29N5O4/c1-3-21(19-13-8-5-9-14-19)30-23-24(31-22-16-10-15-20(25(22)34)26(35)29-2)28(37)33(32-27(23)36)17-18-11-6-4-7-12-18/h4-16,21,30-31,34H,3,17H2,1-2H3,(H,29,35)(H,32,36). The van der Waals surface area contributed by atoms with Gasteiger partial charge in [-0.05, 0) is 29.7 Å². The van der Waals surface area contributed by atoms with Crippen molar-refractivity contribution in [3.05, 3.63) is 116 Å². The van der Waals surface area contributed by atoms with Gasteiger partial charge in [0.1, 0.15) is 11.4 Å². The van der Waals surface area contributed by atoms with Crippen LogP contribution < -0.4 is 27.1 Å². The van der Waals surface area contributed by atoms with E-state index in [0.717, 1.165) is 11.1 Å². The van der Waals surface area contributed by atoms with Crippen LogP contribution >= 0.6 is 0 Å². The minimum absolute atomic E-state index is 0.0344. The monoisotopic (exact) mass is 499 g/mol. The summed E-state index contributed by atoms with van der Waals surface area (Å²) in [5.74, 6) is -0.820. The summed E-state index contributed by atoms with van der Waals surface area (Å²) in [7, 11) is 1.46. The number of nitrogens with zero attached hydrogens (tertiary/aromatic N) is 1. The zero-order valence-electron chi connectivity index (χ0n) is 20.6. The number of amides is 1. The zero-order valence-corrected chi connectivity index (χ0v) is 20.6. The maximum absolute atomic E-state index is 13.7. The third-order valence-corrected chi connectivity index (χ3v) is 6.05. The number of carbonyl (C=O) groups excluding carboxylic acids is 1. The van der Waals surface area contributed by atoms with Gasteiger partial charge in [-0.1, -0.05) is 73.7 Å². The van der Waals surface area contributed by atoms with E-state index < -0.39 is 17.0 Å². The number of hydrogen-bond donors (Lipinski definition) is 5. The molecule has 190 valence electrons. The van der Waals surface area contributed by atoms with Crippen molar-refractivity contribution in [2.24, 2.45) is 0 Å². The Bertz CT molecular complexity index is 1500. The van der Waals surface area contributed by atoms with Crippen LogP contribution in [-0.4, -0.2) is 27.8 Å². The summed E-state index contributed by atoms with van der Waals surface area (Å²) >= 11 is 0. The van der Waals surface area contributed by atoms with Crippen molar-refractivity contribution in [1.82, 2.24) is 15.1 Å². The smallest absolute Gasteiger partial charge is 0.291 e. The van der Waals surface area contributed by atoms with Crippen molar-refractivity contribution in [3.63, 3.8) is 0 Å². The van der Waals surface area contributed by atoms with Crippen LogP contribution in [0.15, 0.2) is 88.5 Å². The van der Waals surface area contributed by atoms with Crippen LogP contribution in [0, 0.1) is 0 Å². The molecule has 5 N–H and O–H groups in total. The van der Waals surface area contributed by atoms with E-state index in [2.05, 4.69) is 21.0 Å². The van der Waals surface area contributed by atoms with Crippen molar-refractivity contribution in [1.29, 1.82) is 0 Å². The molecule has 9 heteroatoms. The third-order valence-electron chi connectivity index (χ3n) is 6.05. The molecule has 0 aliphatic heterocycles. The summed E-state index contributed by atoms with van der Waals surface area (Å²) in [5.41, 5.74) is 0.916. The predicted molar refractivity (Wildman–Crippen MR) is 145 cm³/mol. The summed E-state index contributed by atoms with van der Waals surface area (Å²) in [6.45, 7) is 2.12. The second-order valence-corrected chi connectivity index (χ2v) is 8.49. The normalized spacial score (nSPS) is 11.5. The largest absolute Gasteiger partial charge is 0.505 e. The van der Waals surface area contributed by atoms with E-state index in [-0.39, 0.29) is 41.0 Å². The molecule has 1 atom stereocenters. The Balaban J connectivity index is 1.83. The van der Waals surface area contributed by atoms with E-state index in [1.807, 2.05) is 67.6 Å². The van der Waals surface area contributed by atoms with Crippen molar-refractivity contribution >= 4 is 23.0 Å². The Morgan fingerprint density at radius 1 is 0.946 bits per heavy atom. The third kappa shape index (κ3) is 5.56. The Labute approximate surface area is 213 Å². The first-order chi connectivity index (χ1) is 17.9. The van der Waals surface area contributed by atoms with Crippen molar-refractivity contribution in [3.8, 4) is 5.75 Å². The van der Waals surface area contributed by atoms with Crippen LogP contribution in [0.1, 0.15) is 40.9 Å². The molecule has 0 fully saturated rings. The molecule has 4 rings (SSSR count). The molecular formula is C28H29N5O4. The molecule has 3 aromatic carbocycles. The summed E-state index contributed by atoms with van der Waals surface area (Å²) in [6, 6.07) is 23.2. The van der Waals surface area contributed by atoms with Gasteiger partial charge in [-0.15, -0.1) is 0 Å². The van der Waals surface area contributed by atoms with E-state index in [4.69, 9.17) is 0 Å². The molecule has 1 amide bonds. The first-order valence-corrected chi connectivity index (χ1v) is 12.0. The van der Waals surface area contributed by atoms with Gasteiger partial charge in [0.05, 0.1) is 23.8 Å². The molecule has 1 heterocycles. The number of aromatic amines is 1. The fraction of sp³-hybridized carbons (Fsp3) is 0.179. The number of para-hydroxylation sites is 1. The molecule has 1 aromatic heterocycles. The number of nitrogens with one attached hydrogen (secondary N) is 4. The average molecular weight is 500 g/mol. The number of phenolic OH excluding ortho intramolecular Hbond substituents is 1. The van der Waals surface area contributed by atoms with E-state index in [0.29, 0.717) is 6.42 Å². The number of anilines is 3. The molecule has 0 saturated heterocycles. The van der Waals surface area contributed by atoms with Gasteiger partial charge < -0.3 is 21.1 Å². The lowest BCUT2D eigenvalue weighted by molar-refractivity contribution is 0.0960. The van der Waals surface area contributed by atoms with E-state index in [1.54, 1.807) is 6.07 Å². The van der Waals surface area contributed by atoms with Gasteiger partial charge in [-0.25, -0.2) is 4.68 Å². The maximum Gasteiger partial charge on any atom is 0.291 e. The molecular weight excluding hydrogens is 470 g/mol. The topological polar surface area (TPSA) is 128 Å².